The first-order valence-electron chi connectivity index (χ1n) is 17.3. The number of carbonyl (C=O) groups is 1. The molecule has 6 fully saturated rings. The Balaban J connectivity index is 1.23. The second kappa shape index (κ2) is 9.56. The Hall–Kier alpha value is -1.39. The molecule has 1 unspecified atom stereocenters. The third kappa shape index (κ3) is 3.63. The molecule has 5 saturated carbocycles. The van der Waals surface area contributed by atoms with E-state index in [0.717, 1.165) is 25.2 Å². The fraction of sp³-hybridized carbons (Fsp3) is 0.816. The SMILES string of the molecule is CO[C@@H]1O[C@@H]2C[C@@H]3[C@@]4(C)CC[C@@H](OC(=O)c5ccccc5)C(C)(C)C4CC[C@@]3(C)[C@]3(C)CC[C@]14CC[C@@H](C)[C@H](C)[C@H]4[C@H]23. The van der Waals surface area contributed by atoms with Crippen LogP contribution in [0.2, 0.25) is 0 Å². The average Bonchev–Trinajstić information content (AvgIpc) is 2.96. The van der Waals surface area contributed by atoms with E-state index in [4.69, 9.17) is 14.2 Å². The Labute approximate surface area is 255 Å². The Kier molecular flexibility index (Phi) is 6.67. The number of benzene rings is 1. The van der Waals surface area contributed by atoms with E-state index in [1.807, 2.05) is 37.4 Å². The van der Waals surface area contributed by atoms with Gasteiger partial charge in [0.2, 0.25) is 0 Å². The maximum Gasteiger partial charge on any atom is 0.338 e. The third-order valence-electron chi connectivity index (χ3n) is 15.8. The molecule has 1 aromatic rings. The Bertz CT molecular complexity index is 1210. The van der Waals surface area contributed by atoms with E-state index < -0.39 is 0 Å². The molecule has 7 rings (SSSR count). The molecule has 13 atom stereocenters. The van der Waals surface area contributed by atoms with Crippen LogP contribution in [0.5, 0.6) is 0 Å². The van der Waals surface area contributed by atoms with Crippen LogP contribution in [-0.2, 0) is 14.2 Å². The van der Waals surface area contributed by atoms with E-state index in [2.05, 4.69) is 48.5 Å². The van der Waals surface area contributed by atoms with Gasteiger partial charge < -0.3 is 14.2 Å². The van der Waals surface area contributed by atoms with Crippen molar-refractivity contribution in [2.24, 2.45) is 62.6 Å². The monoisotopic (exact) mass is 576 g/mol. The number of rotatable bonds is 3. The molecule has 1 aliphatic heterocycles. The molecule has 6 aliphatic rings. The Morgan fingerprint density at radius 1 is 0.833 bits per heavy atom. The molecule has 4 nitrogen and oxygen atoms in total. The molecule has 1 saturated heterocycles. The second-order valence-corrected chi connectivity index (χ2v) is 17.2. The summed E-state index contributed by atoms with van der Waals surface area (Å²) in [7, 11) is 1.90. The fourth-order valence-corrected chi connectivity index (χ4v) is 13.4. The topological polar surface area (TPSA) is 44.8 Å². The van der Waals surface area contributed by atoms with Gasteiger partial charge in [-0.15, -0.1) is 0 Å². The first kappa shape index (κ1) is 29.3. The lowest BCUT2D eigenvalue weighted by Gasteiger charge is -2.77. The highest BCUT2D eigenvalue weighted by Crippen LogP contribution is 2.79. The average molecular weight is 577 g/mol. The third-order valence-corrected chi connectivity index (χ3v) is 15.8. The normalized spacial score (nSPS) is 52.3. The smallest absolute Gasteiger partial charge is 0.338 e. The molecule has 1 aromatic carbocycles. The van der Waals surface area contributed by atoms with Crippen molar-refractivity contribution in [1.29, 1.82) is 0 Å². The van der Waals surface area contributed by atoms with Crippen molar-refractivity contribution in [3.05, 3.63) is 35.9 Å². The Morgan fingerprint density at radius 2 is 1.57 bits per heavy atom. The molecule has 0 N–H and O–H groups in total. The van der Waals surface area contributed by atoms with Crippen LogP contribution >= 0.6 is 0 Å². The summed E-state index contributed by atoms with van der Waals surface area (Å²) in [5, 5.41) is 0. The van der Waals surface area contributed by atoms with Crippen LogP contribution in [0, 0.1) is 62.6 Å². The molecule has 0 spiro atoms. The number of methoxy groups -OCH3 is 1. The van der Waals surface area contributed by atoms with Crippen molar-refractivity contribution < 1.29 is 19.0 Å². The van der Waals surface area contributed by atoms with Gasteiger partial charge in [-0.3, -0.25) is 0 Å². The Morgan fingerprint density at radius 3 is 2.29 bits per heavy atom. The van der Waals surface area contributed by atoms with Gasteiger partial charge in [-0.25, -0.2) is 4.79 Å². The summed E-state index contributed by atoms with van der Waals surface area (Å²) in [6, 6.07) is 9.54. The van der Waals surface area contributed by atoms with Gasteiger partial charge in [-0.1, -0.05) is 66.7 Å². The quantitative estimate of drug-likeness (QED) is 0.337. The van der Waals surface area contributed by atoms with E-state index in [9.17, 15) is 4.79 Å². The molecule has 4 heteroatoms. The highest BCUT2D eigenvalue weighted by atomic mass is 16.7. The van der Waals surface area contributed by atoms with Gasteiger partial charge in [0.15, 0.2) is 6.29 Å². The second-order valence-electron chi connectivity index (χ2n) is 17.2. The zero-order chi connectivity index (χ0) is 29.9. The van der Waals surface area contributed by atoms with Crippen molar-refractivity contribution in [2.45, 2.75) is 125 Å². The van der Waals surface area contributed by atoms with Crippen molar-refractivity contribution in [3.8, 4) is 0 Å². The van der Waals surface area contributed by atoms with Gasteiger partial charge in [-0.05, 0) is 122 Å². The minimum absolute atomic E-state index is 0.0526. The molecule has 0 radical (unpaired) electrons. The maximum atomic E-state index is 13.2. The number of ether oxygens (including phenoxy) is 3. The highest BCUT2D eigenvalue weighted by Gasteiger charge is 2.75. The summed E-state index contributed by atoms with van der Waals surface area (Å²) in [4.78, 5) is 13.2. The maximum absolute atomic E-state index is 13.2. The molecule has 0 aromatic heterocycles. The van der Waals surface area contributed by atoms with Gasteiger partial charge in [-0.2, -0.15) is 0 Å². The molecule has 0 amide bonds. The summed E-state index contributed by atoms with van der Waals surface area (Å²) in [6.45, 7) is 17.9. The first-order chi connectivity index (χ1) is 19.8. The predicted octanol–water partition coefficient (Wildman–Crippen LogP) is 8.93. The first-order valence-corrected chi connectivity index (χ1v) is 17.3. The van der Waals surface area contributed by atoms with Crippen LogP contribution in [0.4, 0.5) is 0 Å². The summed E-state index contributed by atoms with van der Waals surface area (Å²) in [5.41, 5.74) is 1.53. The minimum atomic E-state index is -0.173. The van der Waals surface area contributed by atoms with Gasteiger partial charge in [0.1, 0.15) is 6.10 Å². The summed E-state index contributed by atoms with van der Waals surface area (Å²) < 4.78 is 19.8. The number of esters is 1. The zero-order valence-electron chi connectivity index (χ0n) is 27.6. The van der Waals surface area contributed by atoms with Gasteiger partial charge in [0.05, 0.1) is 11.7 Å². The van der Waals surface area contributed by atoms with Gasteiger partial charge >= 0.3 is 5.97 Å². The predicted molar refractivity (Wildman–Crippen MR) is 166 cm³/mol. The molecule has 42 heavy (non-hydrogen) atoms. The van der Waals surface area contributed by atoms with Crippen LogP contribution in [0.25, 0.3) is 0 Å². The zero-order valence-corrected chi connectivity index (χ0v) is 27.6. The number of carbonyl (C=O) groups excluding carboxylic acids is 1. The van der Waals surface area contributed by atoms with Crippen molar-refractivity contribution in [3.63, 3.8) is 0 Å². The van der Waals surface area contributed by atoms with E-state index in [1.165, 1.54) is 38.5 Å². The van der Waals surface area contributed by atoms with Crippen LogP contribution in [0.1, 0.15) is 117 Å². The molecule has 232 valence electrons. The number of fused-ring (bicyclic) bond motifs is 4. The van der Waals surface area contributed by atoms with Crippen LogP contribution in [-0.4, -0.2) is 31.6 Å². The molecule has 5 aliphatic carbocycles. The van der Waals surface area contributed by atoms with Crippen molar-refractivity contribution in [1.82, 2.24) is 0 Å². The molecular formula is C38H56O4. The van der Waals surface area contributed by atoms with Crippen molar-refractivity contribution >= 4 is 5.97 Å². The van der Waals surface area contributed by atoms with E-state index in [1.54, 1.807) is 0 Å². The van der Waals surface area contributed by atoms with Crippen molar-refractivity contribution in [2.75, 3.05) is 7.11 Å². The van der Waals surface area contributed by atoms with Crippen LogP contribution in [0.15, 0.2) is 30.3 Å². The van der Waals surface area contributed by atoms with Crippen LogP contribution in [0.3, 0.4) is 0 Å². The van der Waals surface area contributed by atoms with E-state index in [-0.39, 0.29) is 46.1 Å². The van der Waals surface area contributed by atoms with Crippen LogP contribution < -0.4 is 0 Å². The lowest BCUT2D eigenvalue weighted by atomic mass is 9.30. The largest absolute Gasteiger partial charge is 0.458 e. The summed E-state index contributed by atoms with van der Waals surface area (Å²) in [6.07, 6.45) is 11.0. The summed E-state index contributed by atoms with van der Waals surface area (Å²) >= 11 is 0. The fourth-order valence-electron chi connectivity index (χ4n) is 13.4. The van der Waals surface area contributed by atoms with Gasteiger partial charge in [0, 0.05) is 17.9 Å². The minimum Gasteiger partial charge on any atom is -0.458 e. The van der Waals surface area contributed by atoms with E-state index in [0.29, 0.717) is 40.6 Å². The number of hydrogen-bond donors (Lipinski definition) is 0. The molecule has 1 heterocycles. The number of hydrogen-bond acceptors (Lipinski definition) is 4. The molecular weight excluding hydrogens is 520 g/mol. The van der Waals surface area contributed by atoms with Gasteiger partial charge in [0.25, 0.3) is 0 Å². The van der Waals surface area contributed by atoms with E-state index >= 15 is 0 Å². The highest BCUT2D eigenvalue weighted by molar-refractivity contribution is 5.89. The molecule has 2 bridgehead atoms. The standard InChI is InChI=1S/C38H56O4/c1-23-14-19-38-21-20-37(7)31(30(38)24(23)2)26(41-33(38)40-8)22-28-35(5)17-16-29(42-32(39)25-12-10-9-11-13-25)34(3,4)27(35)15-18-36(28,37)6/h9-13,23-24,26-31,33H,14-22H2,1-8H3/t23-,24+,26-,27?,28-,29-,30+,31+,33-,35+,36-,37-,38+/m1/s1. The lowest BCUT2D eigenvalue weighted by molar-refractivity contribution is -0.379. The lowest BCUT2D eigenvalue weighted by Crippen LogP contribution is -2.74. The summed E-state index contributed by atoms with van der Waals surface area (Å²) in [5.74, 6) is 3.74.